The van der Waals surface area contributed by atoms with Crippen molar-refractivity contribution in [1.82, 2.24) is 15.5 Å². The van der Waals surface area contributed by atoms with Crippen molar-refractivity contribution in [3.05, 3.63) is 65.4 Å². The van der Waals surface area contributed by atoms with Gasteiger partial charge in [-0.05, 0) is 18.6 Å². The second-order valence-electron chi connectivity index (χ2n) is 6.07. The van der Waals surface area contributed by atoms with E-state index >= 15 is 0 Å². The number of thiophene rings is 1. The standard InChI is InChI=1S/C18H27N5S/c1-6-9-18(20)14(4)23(15(5)22-18)11-12(2)21-10-16-7-8-17(24-16)13(3)19/h7-8,21-22H,2-6,9-11,19-20H2,1H3. The number of hydrogen-bond donors (Lipinski definition) is 4. The lowest BCUT2D eigenvalue weighted by Gasteiger charge is -2.26. The van der Waals surface area contributed by atoms with Gasteiger partial charge in [0.15, 0.2) is 0 Å². The van der Waals surface area contributed by atoms with Gasteiger partial charge in [0.1, 0.15) is 11.5 Å². The highest BCUT2D eigenvalue weighted by atomic mass is 32.1. The molecular weight excluding hydrogens is 318 g/mol. The molecule has 2 rings (SSSR count). The van der Waals surface area contributed by atoms with Crippen LogP contribution in [0.4, 0.5) is 0 Å². The summed E-state index contributed by atoms with van der Waals surface area (Å²) >= 11 is 1.62. The summed E-state index contributed by atoms with van der Waals surface area (Å²) in [5.74, 6) is 0.761. The fourth-order valence-corrected chi connectivity index (χ4v) is 3.53. The quantitative estimate of drug-likeness (QED) is 0.582. The molecule has 1 atom stereocenters. The van der Waals surface area contributed by atoms with E-state index in [0.29, 0.717) is 18.8 Å². The minimum Gasteiger partial charge on any atom is -0.398 e. The Bertz CT molecular complexity index is 675. The van der Waals surface area contributed by atoms with Gasteiger partial charge in [0.05, 0.1) is 12.2 Å². The fourth-order valence-electron chi connectivity index (χ4n) is 2.70. The lowest BCUT2D eigenvalue weighted by molar-refractivity contribution is 0.406. The molecular formula is C18H27N5S. The summed E-state index contributed by atoms with van der Waals surface area (Å²) in [5.41, 5.74) is 13.8. The maximum absolute atomic E-state index is 6.38. The molecule has 0 spiro atoms. The Balaban J connectivity index is 1.91. The first-order valence-corrected chi connectivity index (χ1v) is 8.76. The summed E-state index contributed by atoms with van der Waals surface area (Å²) in [6, 6.07) is 4.02. The van der Waals surface area contributed by atoms with Gasteiger partial charge in [0, 0.05) is 27.7 Å². The molecule has 1 saturated heterocycles. The molecule has 0 radical (unpaired) electrons. The second-order valence-corrected chi connectivity index (χ2v) is 7.24. The van der Waals surface area contributed by atoms with E-state index in [0.717, 1.165) is 34.9 Å². The van der Waals surface area contributed by atoms with E-state index < -0.39 is 5.66 Å². The number of nitrogens with one attached hydrogen (secondary N) is 2. The van der Waals surface area contributed by atoms with Gasteiger partial charge >= 0.3 is 0 Å². The van der Waals surface area contributed by atoms with Crippen LogP contribution in [0, 0.1) is 0 Å². The smallest absolute Gasteiger partial charge is 0.128 e. The van der Waals surface area contributed by atoms with E-state index in [1.54, 1.807) is 11.3 Å². The van der Waals surface area contributed by atoms with E-state index in [2.05, 4.69) is 43.9 Å². The number of rotatable bonds is 8. The van der Waals surface area contributed by atoms with E-state index in [4.69, 9.17) is 11.5 Å². The van der Waals surface area contributed by atoms with E-state index in [-0.39, 0.29) is 0 Å². The minimum atomic E-state index is -0.615. The van der Waals surface area contributed by atoms with Crippen LogP contribution in [0.2, 0.25) is 0 Å². The lowest BCUT2D eigenvalue weighted by atomic mass is 10.0. The van der Waals surface area contributed by atoms with Crippen molar-refractivity contribution in [3.63, 3.8) is 0 Å². The lowest BCUT2D eigenvalue weighted by Crippen LogP contribution is -2.49. The molecule has 1 aliphatic heterocycles. The van der Waals surface area contributed by atoms with Gasteiger partial charge in [-0.3, -0.25) is 0 Å². The van der Waals surface area contributed by atoms with Gasteiger partial charge < -0.3 is 27.0 Å². The predicted octanol–water partition coefficient (Wildman–Crippen LogP) is 2.63. The Hall–Kier alpha value is -2.18. The number of hydrogen-bond acceptors (Lipinski definition) is 6. The third-order valence-electron chi connectivity index (χ3n) is 4.02. The van der Waals surface area contributed by atoms with Gasteiger partial charge in [0.2, 0.25) is 0 Å². The van der Waals surface area contributed by atoms with Crippen molar-refractivity contribution in [2.45, 2.75) is 32.0 Å². The van der Waals surface area contributed by atoms with Crippen LogP contribution in [0.25, 0.3) is 5.70 Å². The first kappa shape index (κ1) is 18.2. The SMILES string of the molecule is C=C(CN1C(=C)NC(N)(CCC)C1=C)NCc1ccc(C(=C)N)s1. The molecule has 0 amide bonds. The first-order valence-electron chi connectivity index (χ1n) is 7.95. The van der Waals surface area contributed by atoms with Crippen molar-refractivity contribution in [1.29, 1.82) is 0 Å². The Kier molecular flexibility index (Phi) is 5.41. The molecule has 1 aliphatic rings. The summed E-state index contributed by atoms with van der Waals surface area (Å²) in [5, 5.41) is 6.58. The summed E-state index contributed by atoms with van der Waals surface area (Å²) in [6.45, 7) is 19.4. The third kappa shape index (κ3) is 3.83. The normalized spacial score (nSPS) is 20.2. The molecule has 130 valence electrons. The summed E-state index contributed by atoms with van der Waals surface area (Å²) in [7, 11) is 0. The van der Waals surface area contributed by atoms with Crippen molar-refractivity contribution in [2.24, 2.45) is 11.5 Å². The zero-order chi connectivity index (χ0) is 17.9. The van der Waals surface area contributed by atoms with Crippen LogP contribution in [-0.4, -0.2) is 17.1 Å². The zero-order valence-corrected chi connectivity index (χ0v) is 15.1. The fraction of sp³-hybridized carbons (Fsp3) is 0.333. The molecule has 0 aliphatic carbocycles. The summed E-state index contributed by atoms with van der Waals surface area (Å²) in [4.78, 5) is 4.15. The Morgan fingerprint density at radius 3 is 2.67 bits per heavy atom. The molecule has 0 aromatic carbocycles. The topological polar surface area (TPSA) is 79.3 Å². The molecule has 6 heteroatoms. The highest BCUT2D eigenvalue weighted by Gasteiger charge is 2.39. The van der Waals surface area contributed by atoms with Crippen LogP contribution in [0.15, 0.2) is 55.7 Å². The van der Waals surface area contributed by atoms with Gasteiger partial charge in [0.25, 0.3) is 0 Å². The monoisotopic (exact) mass is 345 g/mol. The van der Waals surface area contributed by atoms with Gasteiger partial charge in [-0.1, -0.05) is 39.7 Å². The van der Waals surface area contributed by atoms with Crippen molar-refractivity contribution >= 4 is 17.0 Å². The Labute approximate surface area is 148 Å². The molecule has 1 aromatic heterocycles. The van der Waals surface area contributed by atoms with Crippen molar-refractivity contribution in [3.8, 4) is 0 Å². The number of nitrogens with two attached hydrogens (primary N) is 2. The minimum absolute atomic E-state index is 0.579. The van der Waals surface area contributed by atoms with Crippen LogP contribution in [-0.2, 0) is 6.54 Å². The van der Waals surface area contributed by atoms with Gasteiger partial charge in [-0.15, -0.1) is 11.3 Å². The summed E-state index contributed by atoms with van der Waals surface area (Å²) < 4.78 is 0. The van der Waals surface area contributed by atoms with E-state index in [9.17, 15) is 0 Å². The number of nitrogens with zero attached hydrogens (tertiary/aromatic N) is 1. The Morgan fingerprint density at radius 1 is 1.38 bits per heavy atom. The highest BCUT2D eigenvalue weighted by Crippen LogP contribution is 2.30. The molecule has 1 fully saturated rings. The van der Waals surface area contributed by atoms with Crippen LogP contribution in [0.5, 0.6) is 0 Å². The zero-order valence-electron chi connectivity index (χ0n) is 14.3. The molecule has 2 heterocycles. The van der Waals surface area contributed by atoms with Crippen LogP contribution in [0.1, 0.15) is 29.5 Å². The molecule has 5 nitrogen and oxygen atoms in total. The second kappa shape index (κ2) is 7.15. The average Bonchev–Trinajstić information content (AvgIpc) is 3.05. The van der Waals surface area contributed by atoms with Crippen LogP contribution >= 0.6 is 11.3 Å². The van der Waals surface area contributed by atoms with E-state index in [1.807, 2.05) is 17.0 Å². The molecule has 1 aromatic rings. The van der Waals surface area contributed by atoms with Gasteiger partial charge in [-0.25, -0.2) is 0 Å². The van der Waals surface area contributed by atoms with Crippen LogP contribution < -0.4 is 22.1 Å². The maximum atomic E-state index is 6.38. The molecule has 24 heavy (non-hydrogen) atoms. The van der Waals surface area contributed by atoms with Crippen molar-refractivity contribution < 1.29 is 0 Å². The molecule has 1 unspecified atom stereocenters. The average molecular weight is 346 g/mol. The third-order valence-corrected chi connectivity index (χ3v) is 5.18. The Morgan fingerprint density at radius 2 is 2.08 bits per heavy atom. The summed E-state index contributed by atoms with van der Waals surface area (Å²) in [6.07, 6.45) is 1.78. The largest absolute Gasteiger partial charge is 0.398 e. The van der Waals surface area contributed by atoms with Crippen LogP contribution in [0.3, 0.4) is 0 Å². The van der Waals surface area contributed by atoms with Crippen molar-refractivity contribution in [2.75, 3.05) is 6.54 Å². The highest BCUT2D eigenvalue weighted by molar-refractivity contribution is 7.13. The van der Waals surface area contributed by atoms with Gasteiger partial charge in [-0.2, -0.15) is 0 Å². The molecule has 0 saturated carbocycles. The van der Waals surface area contributed by atoms with E-state index in [1.165, 1.54) is 4.88 Å². The molecule has 0 bridgehead atoms. The molecule has 6 N–H and O–H groups in total. The maximum Gasteiger partial charge on any atom is 0.128 e. The predicted molar refractivity (Wildman–Crippen MR) is 103 cm³/mol. The first-order chi connectivity index (χ1) is 11.3.